The number of hydrogen-bond acceptors (Lipinski definition) is 5. The first-order valence-corrected chi connectivity index (χ1v) is 10.2. The number of likely N-dealkylation sites (tertiary alicyclic amines) is 2. The van der Waals surface area contributed by atoms with E-state index in [0.717, 1.165) is 26.2 Å². The largest absolute Gasteiger partial charge is 0.395 e. The summed E-state index contributed by atoms with van der Waals surface area (Å²) < 4.78 is 0. The number of pyridine rings is 2. The molecule has 2 aliphatic rings. The van der Waals surface area contributed by atoms with Gasteiger partial charge in [0, 0.05) is 62.9 Å². The molecule has 2 fully saturated rings. The standard InChI is InChI=1S/C24H26N4O/c29-16-22-23(21-6-2-1-3-7-21)24(28(22)15-19-8-11-25-12-9-19)17-27(18-24)14-20-5-4-10-26-13-20/h1-13,22-23,29H,14-18H2/t22-,23-/m0/s1. The molecule has 5 rings (SSSR count). The van der Waals surface area contributed by atoms with Crippen LogP contribution in [-0.4, -0.2) is 56.2 Å². The first-order valence-electron chi connectivity index (χ1n) is 10.2. The highest BCUT2D eigenvalue weighted by Crippen LogP contribution is 2.54. The molecule has 4 heterocycles. The van der Waals surface area contributed by atoms with Crippen LogP contribution >= 0.6 is 0 Å². The second-order valence-corrected chi connectivity index (χ2v) is 8.23. The molecule has 29 heavy (non-hydrogen) atoms. The Morgan fingerprint density at radius 3 is 2.34 bits per heavy atom. The van der Waals surface area contributed by atoms with Gasteiger partial charge in [0.2, 0.25) is 0 Å². The first kappa shape index (κ1) is 18.4. The molecule has 1 spiro atoms. The highest BCUT2D eigenvalue weighted by molar-refractivity contribution is 5.36. The van der Waals surface area contributed by atoms with Crippen molar-refractivity contribution >= 4 is 0 Å². The minimum Gasteiger partial charge on any atom is -0.395 e. The minimum absolute atomic E-state index is 0.0697. The van der Waals surface area contributed by atoms with Crippen LogP contribution in [-0.2, 0) is 13.1 Å². The molecule has 2 aromatic heterocycles. The molecule has 0 bridgehead atoms. The maximum atomic E-state index is 10.2. The zero-order valence-electron chi connectivity index (χ0n) is 16.4. The third-order valence-electron chi connectivity index (χ3n) is 6.51. The van der Waals surface area contributed by atoms with E-state index in [-0.39, 0.29) is 18.2 Å². The molecule has 2 atom stereocenters. The van der Waals surface area contributed by atoms with Gasteiger partial charge in [-0.15, -0.1) is 0 Å². The number of aliphatic hydroxyl groups excluding tert-OH is 1. The van der Waals surface area contributed by atoms with Gasteiger partial charge in [0.05, 0.1) is 12.1 Å². The van der Waals surface area contributed by atoms with Gasteiger partial charge in [0.1, 0.15) is 0 Å². The summed E-state index contributed by atoms with van der Waals surface area (Å²) in [6.07, 6.45) is 7.46. The third kappa shape index (κ3) is 3.25. The SMILES string of the molecule is OC[C@H]1[C@H](c2ccccc2)C2(CN(Cc3cccnc3)C2)N1Cc1ccncc1. The average Bonchev–Trinajstić information content (AvgIpc) is 2.75. The van der Waals surface area contributed by atoms with Crippen LogP contribution in [0.3, 0.4) is 0 Å². The van der Waals surface area contributed by atoms with Crippen LogP contribution in [0.15, 0.2) is 79.4 Å². The van der Waals surface area contributed by atoms with Gasteiger partial charge in [-0.1, -0.05) is 36.4 Å². The van der Waals surface area contributed by atoms with Crippen molar-refractivity contribution in [2.75, 3.05) is 19.7 Å². The van der Waals surface area contributed by atoms with Gasteiger partial charge in [-0.2, -0.15) is 0 Å². The van der Waals surface area contributed by atoms with Gasteiger partial charge < -0.3 is 5.11 Å². The van der Waals surface area contributed by atoms with Crippen LogP contribution in [0.5, 0.6) is 0 Å². The average molecular weight is 386 g/mol. The van der Waals surface area contributed by atoms with Crippen LogP contribution in [0.2, 0.25) is 0 Å². The van der Waals surface area contributed by atoms with Gasteiger partial charge in [-0.3, -0.25) is 19.8 Å². The normalized spacial score (nSPS) is 23.5. The number of aliphatic hydroxyl groups is 1. The highest BCUT2D eigenvalue weighted by atomic mass is 16.3. The number of benzene rings is 1. The van der Waals surface area contributed by atoms with Crippen molar-refractivity contribution in [2.45, 2.75) is 30.6 Å². The molecular formula is C24H26N4O. The zero-order valence-corrected chi connectivity index (χ0v) is 16.4. The molecule has 1 N–H and O–H groups in total. The molecule has 0 unspecified atom stereocenters. The summed E-state index contributed by atoms with van der Waals surface area (Å²) in [4.78, 5) is 13.4. The van der Waals surface area contributed by atoms with E-state index in [2.05, 4.69) is 68.3 Å². The smallest absolute Gasteiger partial charge is 0.0593 e. The number of aromatic nitrogens is 2. The van der Waals surface area contributed by atoms with E-state index >= 15 is 0 Å². The Balaban J connectivity index is 1.40. The van der Waals surface area contributed by atoms with Crippen LogP contribution in [0, 0.1) is 0 Å². The lowest BCUT2D eigenvalue weighted by Gasteiger charge is -2.71. The summed E-state index contributed by atoms with van der Waals surface area (Å²) in [5, 5.41) is 10.2. The second-order valence-electron chi connectivity index (χ2n) is 8.23. The van der Waals surface area contributed by atoms with Crippen LogP contribution < -0.4 is 0 Å². The van der Waals surface area contributed by atoms with Crippen molar-refractivity contribution in [3.63, 3.8) is 0 Å². The first-order chi connectivity index (χ1) is 14.3. The molecule has 2 saturated heterocycles. The Labute approximate surface area is 171 Å². The van der Waals surface area contributed by atoms with Gasteiger partial charge in [0.15, 0.2) is 0 Å². The van der Waals surface area contributed by atoms with E-state index in [0.29, 0.717) is 5.92 Å². The Morgan fingerprint density at radius 1 is 0.862 bits per heavy atom. The quantitative estimate of drug-likeness (QED) is 0.706. The summed E-state index contributed by atoms with van der Waals surface area (Å²) in [5.41, 5.74) is 3.89. The lowest BCUT2D eigenvalue weighted by Crippen LogP contribution is -2.83. The van der Waals surface area contributed by atoms with Gasteiger partial charge in [-0.25, -0.2) is 0 Å². The number of hydrogen-bond donors (Lipinski definition) is 1. The lowest BCUT2D eigenvalue weighted by molar-refractivity contribution is -0.197. The minimum atomic E-state index is 0.0697. The molecule has 5 nitrogen and oxygen atoms in total. The lowest BCUT2D eigenvalue weighted by atomic mass is 9.60. The van der Waals surface area contributed by atoms with E-state index < -0.39 is 0 Å². The summed E-state index contributed by atoms with van der Waals surface area (Å²) in [5.74, 6) is 0.348. The predicted molar refractivity (Wildman–Crippen MR) is 112 cm³/mol. The monoisotopic (exact) mass is 386 g/mol. The van der Waals surface area contributed by atoms with Gasteiger partial charge in [-0.05, 0) is 34.9 Å². The van der Waals surface area contributed by atoms with Crippen molar-refractivity contribution in [3.8, 4) is 0 Å². The van der Waals surface area contributed by atoms with E-state index in [9.17, 15) is 5.11 Å². The molecule has 148 valence electrons. The van der Waals surface area contributed by atoms with Crippen molar-refractivity contribution < 1.29 is 5.11 Å². The Morgan fingerprint density at radius 2 is 1.66 bits per heavy atom. The molecule has 3 aromatic rings. The van der Waals surface area contributed by atoms with Crippen LogP contribution in [0.25, 0.3) is 0 Å². The molecular weight excluding hydrogens is 360 g/mol. The molecule has 0 radical (unpaired) electrons. The maximum absolute atomic E-state index is 10.2. The van der Waals surface area contributed by atoms with Crippen molar-refractivity contribution in [2.24, 2.45) is 0 Å². The Kier molecular flexibility index (Phi) is 4.87. The number of rotatable bonds is 6. The summed E-state index contributed by atoms with van der Waals surface area (Å²) in [6, 6.07) is 19.1. The Bertz CT molecular complexity index is 929. The van der Waals surface area contributed by atoms with E-state index in [1.54, 1.807) is 0 Å². The Hall–Kier alpha value is -2.60. The van der Waals surface area contributed by atoms with Gasteiger partial charge >= 0.3 is 0 Å². The van der Waals surface area contributed by atoms with E-state index in [1.807, 2.05) is 30.9 Å². The zero-order chi connectivity index (χ0) is 19.7. The molecule has 5 heteroatoms. The summed E-state index contributed by atoms with van der Waals surface area (Å²) in [7, 11) is 0. The molecule has 2 aliphatic heterocycles. The van der Waals surface area contributed by atoms with Crippen LogP contribution in [0.1, 0.15) is 22.6 Å². The van der Waals surface area contributed by atoms with Crippen molar-refractivity contribution in [1.29, 1.82) is 0 Å². The molecule has 0 saturated carbocycles. The fourth-order valence-corrected chi connectivity index (χ4v) is 5.29. The van der Waals surface area contributed by atoms with E-state index in [1.165, 1.54) is 16.7 Å². The fraction of sp³-hybridized carbons (Fsp3) is 0.333. The fourth-order valence-electron chi connectivity index (χ4n) is 5.29. The predicted octanol–water partition coefficient (Wildman–Crippen LogP) is 2.69. The highest BCUT2D eigenvalue weighted by Gasteiger charge is 2.65. The third-order valence-corrected chi connectivity index (χ3v) is 6.51. The van der Waals surface area contributed by atoms with Gasteiger partial charge in [0.25, 0.3) is 0 Å². The molecule has 0 aliphatic carbocycles. The second kappa shape index (κ2) is 7.67. The van der Waals surface area contributed by atoms with Crippen LogP contribution in [0.4, 0.5) is 0 Å². The molecule has 0 amide bonds. The summed E-state index contributed by atoms with van der Waals surface area (Å²) >= 11 is 0. The molecule has 1 aromatic carbocycles. The topological polar surface area (TPSA) is 52.5 Å². The van der Waals surface area contributed by atoms with E-state index in [4.69, 9.17) is 0 Å². The maximum Gasteiger partial charge on any atom is 0.0593 e. The van der Waals surface area contributed by atoms with Crippen molar-refractivity contribution in [1.82, 2.24) is 19.8 Å². The summed E-state index contributed by atoms with van der Waals surface area (Å²) in [6.45, 7) is 3.95. The number of nitrogens with zero attached hydrogens (tertiary/aromatic N) is 4. The van der Waals surface area contributed by atoms with Crippen molar-refractivity contribution in [3.05, 3.63) is 96.1 Å².